The fraction of sp³-hybridized carbons (Fsp3) is 0.389. The van der Waals surface area contributed by atoms with Crippen LogP contribution in [0.5, 0.6) is 0 Å². The van der Waals surface area contributed by atoms with Crippen molar-refractivity contribution in [2.45, 2.75) is 45.4 Å². The van der Waals surface area contributed by atoms with Gasteiger partial charge < -0.3 is 0 Å². The van der Waals surface area contributed by atoms with Crippen molar-refractivity contribution >= 4 is 17.1 Å². The number of thiophene rings is 1. The second kappa shape index (κ2) is 8.01. The van der Waals surface area contributed by atoms with Crippen molar-refractivity contribution in [3.8, 4) is 11.1 Å². The summed E-state index contributed by atoms with van der Waals surface area (Å²) < 4.78 is 0. The highest BCUT2D eigenvalue weighted by atomic mass is 32.1. The summed E-state index contributed by atoms with van der Waals surface area (Å²) in [6, 6.07) is 10.1. The summed E-state index contributed by atoms with van der Waals surface area (Å²) in [6.45, 7) is 2.21. The molecule has 0 fully saturated rings. The first-order chi connectivity index (χ1) is 9.81. The molecule has 0 N–H and O–H groups in total. The molecule has 2 heteroatoms. The lowest BCUT2D eigenvalue weighted by atomic mass is 10.0. The average molecular weight is 286 g/mol. The van der Waals surface area contributed by atoms with E-state index in [2.05, 4.69) is 23.8 Å². The molecule has 2 rings (SSSR count). The molecule has 1 aromatic heterocycles. The van der Waals surface area contributed by atoms with Crippen molar-refractivity contribution in [3.05, 3.63) is 46.7 Å². The quantitative estimate of drug-likeness (QED) is 0.432. The Kier molecular flexibility index (Phi) is 6.00. The van der Waals surface area contributed by atoms with Gasteiger partial charge in [-0.3, -0.25) is 4.79 Å². The predicted molar refractivity (Wildman–Crippen MR) is 87.5 cm³/mol. The summed E-state index contributed by atoms with van der Waals surface area (Å²) in [7, 11) is 0. The maximum atomic E-state index is 12.1. The highest BCUT2D eigenvalue weighted by molar-refractivity contribution is 7.08. The summed E-state index contributed by atoms with van der Waals surface area (Å²) >= 11 is 1.70. The molecule has 0 aliphatic heterocycles. The van der Waals surface area contributed by atoms with Gasteiger partial charge in [-0.1, -0.05) is 56.9 Å². The first-order valence-corrected chi connectivity index (χ1v) is 8.41. The molecule has 1 aromatic carbocycles. The number of carbonyl (C=O) groups excluding carboxylic acids is 1. The SMILES string of the molecule is CCCCCCCC(=O)c1ccc(-c2ccsc2)cc1. The largest absolute Gasteiger partial charge is 0.294 e. The van der Waals surface area contributed by atoms with Gasteiger partial charge in [0, 0.05) is 12.0 Å². The van der Waals surface area contributed by atoms with Crippen LogP contribution in [0.25, 0.3) is 11.1 Å². The van der Waals surface area contributed by atoms with E-state index in [1.807, 2.05) is 24.3 Å². The molecule has 0 bridgehead atoms. The molecule has 1 heterocycles. The predicted octanol–water partition coefficient (Wildman–Crippen LogP) is 5.96. The third kappa shape index (κ3) is 4.31. The van der Waals surface area contributed by atoms with E-state index < -0.39 is 0 Å². The summed E-state index contributed by atoms with van der Waals surface area (Å²) in [5.74, 6) is 0.276. The zero-order valence-electron chi connectivity index (χ0n) is 12.1. The molecule has 0 atom stereocenters. The lowest BCUT2D eigenvalue weighted by Crippen LogP contribution is -1.98. The van der Waals surface area contributed by atoms with Gasteiger partial charge in [-0.25, -0.2) is 0 Å². The maximum Gasteiger partial charge on any atom is 0.162 e. The molecule has 0 saturated carbocycles. The Morgan fingerprint density at radius 2 is 1.70 bits per heavy atom. The number of ketones is 1. The van der Waals surface area contributed by atoms with Crippen LogP contribution in [0.3, 0.4) is 0 Å². The molecule has 0 aliphatic rings. The van der Waals surface area contributed by atoms with Crippen LogP contribution in [0.4, 0.5) is 0 Å². The van der Waals surface area contributed by atoms with Crippen LogP contribution in [0.2, 0.25) is 0 Å². The third-order valence-electron chi connectivity index (χ3n) is 3.57. The Labute approximate surface area is 125 Å². The number of carbonyl (C=O) groups is 1. The molecule has 0 aliphatic carbocycles. The van der Waals surface area contributed by atoms with Crippen LogP contribution in [0.15, 0.2) is 41.1 Å². The maximum absolute atomic E-state index is 12.1. The highest BCUT2D eigenvalue weighted by Crippen LogP contribution is 2.22. The van der Waals surface area contributed by atoms with E-state index in [-0.39, 0.29) is 5.78 Å². The van der Waals surface area contributed by atoms with Crippen molar-refractivity contribution in [3.63, 3.8) is 0 Å². The fourth-order valence-electron chi connectivity index (χ4n) is 2.31. The van der Waals surface area contributed by atoms with Crippen LogP contribution < -0.4 is 0 Å². The molecular formula is C18H22OS. The summed E-state index contributed by atoms with van der Waals surface area (Å²) in [5.41, 5.74) is 3.26. The average Bonchev–Trinajstić information content (AvgIpc) is 3.01. The van der Waals surface area contributed by atoms with Crippen molar-refractivity contribution < 1.29 is 4.79 Å². The molecule has 0 radical (unpaired) electrons. The number of hydrogen-bond acceptors (Lipinski definition) is 2. The van der Waals surface area contributed by atoms with Gasteiger partial charge in [-0.15, -0.1) is 0 Å². The molecule has 0 amide bonds. The van der Waals surface area contributed by atoms with Gasteiger partial charge in [-0.05, 0) is 34.4 Å². The second-order valence-electron chi connectivity index (χ2n) is 5.18. The Hall–Kier alpha value is -1.41. The monoisotopic (exact) mass is 286 g/mol. The molecule has 20 heavy (non-hydrogen) atoms. The van der Waals surface area contributed by atoms with Crippen LogP contribution in [0.1, 0.15) is 55.8 Å². The zero-order valence-corrected chi connectivity index (χ0v) is 12.9. The third-order valence-corrected chi connectivity index (χ3v) is 4.25. The van der Waals surface area contributed by atoms with E-state index in [4.69, 9.17) is 0 Å². The van der Waals surface area contributed by atoms with Gasteiger partial charge in [0.2, 0.25) is 0 Å². The highest BCUT2D eigenvalue weighted by Gasteiger charge is 2.06. The molecule has 0 spiro atoms. The first kappa shape index (κ1) is 15.0. The molecule has 0 saturated heterocycles. The standard InChI is InChI=1S/C18H22OS/c1-2-3-4-5-6-7-18(19)16-10-8-15(9-11-16)17-12-13-20-14-17/h8-14H,2-7H2,1H3. The molecular weight excluding hydrogens is 264 g/mol. The summed E-state index contributed by atoms with van der Waals surface area (Å²) in [5, 5.41) is 4.20. The Morgan fingerprint density at radius 3 is 2.35 bits per heavy atom. The van der Waals surface area contributed by atoms with E-state index in [0.29, 0.717) is 6.42 Å². The van der Waals surface area contributed by atoms with E-state index in [9.17, 15) is 4.79 Å². The Morgan fingerprint density at radius 1 is 0.950 bits per heavy atom. The van der Waals surface area contributed by atoms with Gasteiger partial charge in [0.05, 0.1) is 0 Å². The van der Waals surface area contributed by atoms with Crippen molar-refractivity contribution in [2.24, 2.45) is 0 Å². The number of unbranched alkanes of at least 4 members (excludes halogenated alkanes) is 4. The van der Waals surface area contributed by atoms with Gasteiger partial charge >= 0.3 is 0 Å². The lowest BCUT2D eigenvalue weighted by molar-refractivity contribution is 0.0979. The van der Waals surface area contributed by atoms with Gasteiger partial charge in [0.1, 0.15) is 0 Å². The minimum absolute atomic E-state index is 0.276. The van der Waals surface area contributed by atoms with Crippen LogP contribution in [-0.2, 0) is 0 Å². The van der Waals surface area contributed by atoms with E-state index in [0.717, 1.165) is 12.0 Å². The van der Waals surface area contributed by atoms with Crippen molar-refractivity contribution in [2.75, 3.05) is 0 Å². The molecule has 0 unspecified atom stereocenters. The molecule has 2 aromatic rings. The molecule has 106 valence electrons. The summed E-state index contributed by atoms with van der Waals surface area (Å²) in [4.78, 5) is 12.1. The van der Waals surface area contributed by atoms with E-state index >= 15 is 0 Å². The Bertz CT molecular complexity index is 511. The first-order valence-electron chi connectivity index (χ1n) is 7.47. The van der Waals surface area contributed by atoms with Gasteiger partial charge in [-0.2, -0.15) is 11.3 Å². The Balaban J connectivity index is 1.85. The molecule has 1 nitrogen and oxygen atoms in total. The van der Waals surface area contributed by atoms with Crippen molar-refractivity contribution in [1.82, 2.24) is 0 Å². The van der Waals surface area contributed by atoms with Gasteiger partial charge in [0.15, 0.2) is 5.78 Å². The number of rotatable bonds is 8. The topological polar surface area (TPSA) is 17.1 Å². The minimum Gasteiger partial charge on any atom is -0.294 e. The van der Waals surface area contributed by atoms with Crippen LogP contribution in [0, 0.1) is 0 Å². The van der Waals surface area contributed by atoms with Crippen LogP contribution in [-0.4, -0.2) is 5.78 Å². The minimum atomic E-state index is 0.276. The van der Waals surface area contributed by atoms with E-state index in [1.165, 1.54) is 36.8 Å². The number of Topliss-reactive ketones (excluding diaryl/α,β-unsaturated/α-hetero) is 1. The number of hydrogen-bond donors (Lipinski definition) is 0. The van der Waals surface area contributed by atoms with Gasteiger partial charge in [0.25, 0.3) is 0 Å². The fourth-order valence-corrected chi connectivity index (χ4v) is 2.98. The smallest absolute Gasteiger partial charge is 0.162 e. The van der Waals surface area contributed by atoms with Crippen molar-refractivity contribution in [1.29, 1.82) is 0 Å². The number of benzene rings is 1. The normalized spacial score (nSPS) is 10.7. The van der Waals surface area contributed by atoms with Crippen LogP contribution >= 0.6 is 11.3 Å². The zero-order chi connectivity index (χ0) is 14.2. The lowest BCUT2D eigenvalue weighted by Gasteiger charge is -2.03. The van der Waals surface area contributed by atoms with E-state index in [1.54, 1.807) is 11.3 Å². The second-order valence-corrected chi connectivity index (χ2v) is 5.96. The summed E-state index contributed by atoms with van der Waals surface area (Å²) in [6.07, 6.45) is 6.65.